The summed E-state index contributed by atoms with van der Waals surface area (Å²) in [5.74, 6) is -0.245. The highest BCUT2D eigenvalue weighted by atomic mass is 79.9. The van der Waals surface area contributed by atoms with Crippen molar-refractivity contribution in [1.82, 2.24) is 10.2 Å². The van der Waals surface area contributed by atoms with Gasteiger partial charge in [-0.2, -0.15) is 0 Å². The van der Waals surface area contributed by atoms with Gasteiger partial charge in [0, 0.05) is 10.2 Å². The number of nitrogens with one attached hydrogen (secondary N) is 1. The fraction of sp³-hybridized carbons (Fsp3) is 0.0625. The maximum absolute atomic E-state index is 13.1. The molecule has 0 bridgehead atoms. The van der Waals surface area contributed by atoms with E-state index >= 15 is 0 Å². The minimum atomic E-state index is -0.407. The molecular formula is C16H11BrFN3O2S. The van der Waals surface area contributed by atoms with E-state index < -0.39 is 5.82 Å². The van der Waals surface area contributed by atoms with Crippen LogP contribution < -0.4 is 5.32 Å². The zero-order chi connectivity index (χ0) is 16.9. The molecular weight excluding hydrogens is 397 g/mol. The molecule has 0 aliphatic carbocycles. The van der Waals surface area contributed by atoms with Crippen LogP contribution in [0.1, 0.15) is 0 Å². The monoisotopic (exact) mass is 407 g/mol. The van der Waals surface area contributed by atoms with Gasteiger partial charge in [-0.25, -0.2) is 4.39 Å². The number of benzene rings is 2. The summed E-state index contributed by atoms with van der Waals surface area (Å²) in [6.07, 6.45) is 0. The number of nitrogens with zero attached hydrogens (tertiary/aromatic N) is 2. The van der Waals surface area contributed by atoms with Crippen LogP contribution >= 0.6 is 27.7 Å². The fourth-order valence-corrected chi connectivity index (χ4v) is 2.92. The van der Waals surface area contributed by atoms with Crippen molar-refractivity contribution >= 4 is 39.3 Å². The molecule has 0 unspecified atom stereocenters. The van der Waals surface area contributed by atoms with E-state index in [0.717, 1.165) is 21.8 Å². The summed E-state index contributed by atoms with van der Waals surface area (Å²) in [6.45, 7) is 0. The number of amides is 1. The number of thioether (sulfide) groups is 1. The first-order chi connectivity index (χ1) is 11.6. The van der Waals surface area contributed by atoms with Crippen LogP contribution in [0.3, 0.4) is 0 Å². The minimum absolute atomic E-state index is 0.0775. The summed E-state index contributed by atoms with van der Waals surface area (Å²) < 4.78 is 19.5. The van der Waals surface area contributed by atoms with E-state index in [2.05, 4.69) is 31.4 Å². The van der Waals surface area contributed by atoms with Crippen molar-refractivity contribution in [2.45, 2.75) is 5.22 Å². The van der Waals surface area contributed by atoms with Crippen molar-refractivity contribution in [3.63, 3.8) is 0 Å². The number of aromatic nitrogens is 2. The van der Waals surface area contributed by atoms with Gasteiger partial charge in [0.05, 0.1) is 11.3 Å². The van der Waals surface area contributed by atoms with Crippen LogP contribution in [0.4, 0.5) is 10.1 Å². The number of hydrogen-bond acceptors (Lipinski definition) is 5. The highest BCUT2D eigenvalue weighted by molar-refractivity contribution is 9.10. The van der Waals surface area contributed by atoms with Crippen molar-refractivity contribution < 1.29 is 13.6 Å². The number of halogens is 2. The standard InChI is InChI=1S/C16H11BrFN3O2S/c17-13-7-2-1-6-12(13)15-20-21-16(23-15)24-9-14(22)19-11-5-3-4-10(18)8-11/h1-8H,9H2,(H,19,22). The summed E-state index contributed by atoms with van der Waals surface area (Å²) in [4.78, 5) is 11.9. The quantitative estimate of drug-likeness (QED) is 0.635. The predicted molar refractivity (Wildman–Crippen MR) is 93.2 cm³/mol. The molecule has 1 heterocycles. The molecule has 0 aliphatic rings. The number of hydrogen-bond donors (Lipinski definition) is 1. The first-order valence-corrected chi connectivity index (χ1v) is 8.66. The van der Waals surface area contributed by atoms with E-state index in [9.17, 15) is 9.18 Å². The zero-order valence-electron chi connectivity index (χ0n) is 12.2. The molecule has 2 aromatic carbocycles. The molecule has 122 valence electrons. The number of carbonyl (C=O) groups is 1. The molecule has 0 aliphatic heterocycles. The molecule has 1 N–H and O–H groups in total. The van der Waals surface area contributed by atoms with Crippen LogP contribution in [-0.2, 0) is 4.79 Å². The summed E-state index contributed by atoms with van der Waals surface area (Å²) in [5.41, 5.74) is 1.18. The predicted octanol–water partition coefficient (Wildman–Crippen LogP) is 4.37. The van der Waals surface area contributed by atoms with Gasteiger partial charge in [-0.05, 0) is 46.3 Å². The average Bonchev–Trinajstić information content (AvgIpc) is 3.02. The van der Waals surface area contributed by atoms with Gasteiger partial charge in [0.15, 0.2) is 0 Å². The van der Waals surface area contributed by atoms with Gasteiger partial charge < -0.3 is 9.73 Å². The molecule has 8 heteroatoms. The number of anilines is 1. The second-order valence-corrected chi connectivity index (χ2v) is 6.48. The SMILES string of the molecule is O=C(CSc1nnc(-c2ccccc2Br)o1)Nc1cccc(F)c1. The topological polar surface area (TPSA) is 68.0 Å². The fourth-order valence-electron chi connectivity index (χ4n) is 1.90. The van der Waals surface area contributed by atoms with E-state index in [4.69, 9.17) is 4.42 Å². The van der Waals surface area contributed by atoms with Gasteiger partial charge in [-0.3, -0.25) is 4.79 Å². The van der Waals surface area contributed by atoms with Gasteiger partial charge in [-0.1, -0.05) is 30.0 Å². The second-order valence-electron chi connectivity index (χ2n) is 4.70. The van der Waals surface area contributed by atoms with Gasteiger partial charge >= 0.3 is 0 Å². The Hall–Kier alpha value is -2.19. The Kier molecular flexibility index (Phi) is 5.27. The second kappa shape index (κ2) is 7.59. The maximum Gasteiger partial charge on any atom is 0.277 e. The van der Waals surface area contributed by atoms with Crippen molar-refractivity contribution in [2.75, 3.05) is 11.1 Å². The molecule has 0 saturated heterocycles. The van der Waals surface area contributed by atoms with E-state index in [-0.39, 0.29) is 16.9 Å². The minimum Gasteiger partial charge on any atom is -0.411 e. The maximum atomic E-state index is 13.1. The lowest BCUT2D eigenvalue weighted by Crippen LogP contribution is -2.14. The Labute approximate surface area is 149 Å². The van der Waals surface area contributed by atoms with Crippen LogP contribution in [0.5, 0.6) is 0 Å². The smallest absolute Gasteiger partial charge is 0.277 e. The van der Waals surface area contributed by atoms with Gasteiger partial charge in [0.1, 0.15) is 5.82 Å². The van der Waals surface area contributed by atoms with E-state index in [0.29, 0.717) is 11.6 Å². The number of rotatable bonds is 5. The molecule has 0 fully saturated rings. The zero-order valence-corrected chi connectivity index (χ0v) is 14.6. The van der Waals surface area contributed by atoms with Crippen LogP contribution in [-0.4, -0.2) is 21.9 Å². The lowest BCUT2D eigenvalue weighted by molar-refractivity contribution is -0.113. The molecule has 24 heavy (non-hydrogen) atoms. The van der Waals surface area contributed by atoms with E-state index in [1.165, 1.54) is 18.2 Å². The molecule has 3 aromatic rings. The Morgan fingerprint density at radius 2 is 2.04 bits per heavy atom. The van der Waals surface area contributed by atoms with E-state index in [1.807, 2.05) is 24.3 Å². The van der Waals surface area contributed by atoms with Crippen LogP contribution in [0, 0.1) is 5.82 Å². The Bertz CT molecular complexity index is 872. The van der Waals surface area contributed by atoms with Crippen molar-refractivity contribution in [1.29, 1.82) is 0 Å². The third-order valence-electron chi connectivity index (χ3n) is 2.95. The molecule has 5 nitrogen and oxygen atoms in total. The van der Waals surface area contributed by atoms with Gasteiger partial charge in [-0.15, -0.1) is 10.2 Å². The Morgan fingerprint density at radius 1 is 1.21 bits per heavy atom. The first kappa shape index (κ1) is 16.7. The Balaban J connectivity index is 1.59. The van der Waals surface area contributed by atoms with Crippen molar-refractivity contribution in [3.8, 4) is 11.5 Å². The largest absolute Gasteiger partial charge is 0.411 e. The highest BCUT2D eigenvalue weighted by Gasteiger charge is 2.13. The summed E-state index contributed by atoms with van der Waals surface area (Å²) in [6, 6.07) is 13.2. The molecule has 1 aromatic heterocycles. The highest BCUT2D eigenvalue weighted by Crippen LogP contribution is 2.28. The molecule has 0 radical (unpaired) electrons. The summed E-state index contributed by atoms with van der Waals surface area (Å²) in [5, 5.41) is 10.8. The third-order valence-corrected chi connectivity index (χ3v) is 4.46. The average molecular weight is 408 g/mol. The van der Waals surface area contributed by atoms with Crippen LogP contribution in [0.25, 0.3) is 11.5 Å². The van der Waals surface area contributed by atoms with Gasteiger partial charge in [0.2, 0.25) is 11.8 Å². The van der Waals surface area contributed by atoms with E-state index in [1.54, 1.807) is 6.07 Å². The molecule has 1 amide bonds. The molecule has 0 atom stereocenters. The summed E-state index contributed by atoms with van der Waals surface area (Å²) in [7, 11) is 0. The lowest BCUT2D eigenvalue weighted by atomic mass is 10.2. The summed E-state index contributed by atoms with van der Waals surface area (Å²) >= 11 is 4.53. The molecule has 0 spiro atoms. The van der Waals surface area contributed by atoms with Crippen LogP contribution in [0.2, 0.25) is 0 Å². The third kappa shape index (κ3) is 4.21. The Morgan fingerprint density at radius 3 is 2.83 bits per heavy atom. The van der Waals surface area contributed by atoms with Crippen molar-refractivity contribution in [3.05, 3.63) is 58.8 Å². The van der Waals surface area contributed by atoms with Crippen LogP contribution in [0.15, 0.2) is 62.6 Å². The van der Waals surface area contributed by atoms with Gasteiger partial charge in [0.25, 0.3) is 5.22 Å². The normalized spacial score (nSPS) is 10.6. The molecule has 0 saturated carbocycles. The van der Waals surface area contributed by atoms with Crippen molar-refractivity contribution in [2.24, 2.45) is 0 Å². The first-order valence-electron chi connectivity index (χ1n) is 6.88. The lowest BCUT2D eigenvalue weighted by Gasteiger charge is -2.03. The number of carbonyl (C=O) groups excluding carboxylic acids is 1. The molecule has 3 rings (SSSR count).